The molecule has 0 radical (unpaired) electrons. The minimum Gasteiger partial charge on any atom is -0.493 e. The van der Waals surface area contributed by atoms with Crippen molar-refractivity contribution in [2.75, 3.05) is 6.61 Å². The summed E-state index contributed by atoms with van der Waals surface area (Å²) in [5.41, 5.74) is 1.84. The standard InChI is InChI=1S/C22H32N2O4/c1-5-7-12-17-19(21(25)28-15(3)4)20(24-22(26)23-17)16-11-9-10-13-18(16)27-14-8-6-2/h9-11,13,15,20H,5-8,12,14H2,1-4H3,(H2,23,24,26). The number of ether oxygens (including phenoxy) is 2. The largest absolute Gasteiger partial charge is 0.493 e. The van der Waals surface area contributed by atoms with Gasteiger partial charge in [-0.1, -0.05) is 44.9 Å². The number of hydrogen-bond acceptors (Lipinski definition) is 4. The van der Waals surface area contributed by atoms with Gasteiger partial charge in [0.2, 0.25) is 0 Å². The molecule has 0 aliphatic carbocycles. The van der Waals surface area contributed by atoms with Gasteiger partial charge in [-0.2, -0.15) is 0 Å². The van der Waals surface area contributed by atoms with Gasteiger partial charge in [-0.05, 0) is 39.2 Å². The van der Waals surface area contributed by atoms with Crippen molar-refractivity contribution in [3.8, 4) is 5.75 Å². The number of esters is 1. The first kappa shape index (κ1) is 21.8. The van der Waals surface area contributed by atoms with Crippen LogP contribution < -0.4 is 15.4 Å². The second-order valence-corrected chi connectivity index (χ2v) is 7.22. The zero-order valence-electron chi connectivity index (χ0n) is 17.3. The van der Waals surface area contributed by atoms with Gasteiger partial charge in [-0.15, -0.1) is 0 Å². The molecule has 0 saturated heterocycles. The maximum Gasteiger partial charge on any atom is 0.338 e. The van der Waals surface area contributed by atoms with Crippen LogP contribution in [-0.4, -0.2) is 24.7 Å². The summed E-state index contributed by atoms with van der Waals surface area (Å²) in [7, 11) is 0. The van der Waals surface area contributed by atoms with Crippen LogP contribution >= 0.6 is 0 Å². The molecule has 1 atom stereocenters. The quantitative estimate of drug-likeness (QED) is 0.453. The summed E-state index contributed by atoms with van der Waals surface area (Å²) >= 11 is 0. The average molecular weight is 389 g/mol. The molecule has 1 aromatic rings. The molecule has 0 fully saturated rings. The molecule has 1 heterocycles. The van der Waals surface area contributed by atoms with Gasteiger partial charge in [0, 0.05) is 11.3 Å². The normalized spacial score (nSPS) is 16.6. The molecule has 28 heavy (non-hydrogen) atoms. The molecule has 1 aromatic carbocycles. The van der Waals surface area contributed by atoms with Gasteiger partial charge in [-0.25, -0.2) is 9.59 Å². The summed E-state index contributed by atoms with van der Waals surface area (Å²) in [4.78, 5) is 25.3. The second kappa shape index (κ2) is 10.7. The smallest absolute Gasteiger partial charge is 0.338 e. The summed E-state index contributed by atoms with van der Waals surface area (Å²) < 4.78 is 11.4. The number of unbranched alkanes of at least 4 members (excludes halogenated alkanes) is 2. The van der Waals surface area contributed by atoms with Crippen molar-refractivity contribution in [1.29, 1.82) is 0 Å². The molecular formula is C22H32N2O4. The highest BCUT2D eigenvalue weighted by molar-refractivity contribution is 5.95. The van der Waals surface area contributed by atoms with Crippen LogP contribution in [0, 0.1) is 0 Å². The number of amides is 2. The zero-order valence-corrected chi connectivity index (χ0v) is 17.3. The molecule has 1 aliphatic heterocycles. The van der Waals surface area contributed by atoms with Crippen LogP contribution in [0.4, 0.5) is 4.79 Å². The van der Waals surface area contributed by atoms with E-state index in [2.05, 4.69) is 24.5 Å². The maximum atomic E-state index is 12.9. The third-order valence-corrected chi connectivity index (χ3v) is 4.48. The molecule has 0 aromatic heterocycles. The molecule has 2 rings (SSSR count). The van der Waals surface area contributed by atoms with Crippen molar-refractivity contribution in [3.63, 3.8) is 0 Å². The molecule has 6 heteroatoms. The number of urea groups is 1. The van der Waals surface area contributed by atoms with E-state index in [9.17, 15) is 9.59 Å². The Labute approximate surface area is 167 Å². The monoisotopic (exact) mass is 388 g/mol. The summed E-state index contributed by atoms with van der Waals surface area (Å²) in [6.07, 6.45) is 4.16. The van der Waals surface area contributed by atoms with Crippen LogP contribution in [-0.2, 0) is 9.53 Å². The summed E-state index contributed by atoms with van der Waals surface area (Å²) in [6, 6.07) is 6.60. The van der Waals surface area contributed by atoms with Crippen molar-refractivity contribution >= 4 is 12.0 Å². The number of rotatable bonds is 10. The molecule has 0 bridgehead atoms. The van der Waals surface area contributed by atoms with E-state index >= 15 is 0 Å². The molecule has 1 aliphatic rings. The zero-order chi connectivity index (χ0) is 20.5. The third-order valence-electron chi connectivity index (χ3n) is 4.48. The first-order chi connectivity index (χ1) is 13.5. The van der Waals surface area contributed by atoms with E-state index in [1.807, 2.05) is 38.1 Å². The van der Waals surface area contributed by atoms with Crippen molar-refractivity contribution in [2.45, 2.75) is 71.9 Å². The first-order valence-electron chi connectivity index (χ1n) is 10.2. The Bertz CT molecular complexity index is 712. The van der Waals surface area contributed by atoms with E-state index < -0.39 is 12.0 Å². The number of para-hydroxylation sites is 1. The van der Waals surface area contributed by atoms with Gasteiger partial charge in [0.15, 0.2) is 0 Å². The topological polar surface area (TPSA) is 76.7 Å². The highest BCUT2D eigenvalue weighted by Gasteiger charge is 2.35. The van der Waals surface area contributed by atoms with Crippen LogP contribution in [0.3, 0.4) is 0 Å². The lowest BCUT2D eigenvalue weighted by molar-refractivity contribution is -0.143. The van der Waals surface area contributed by atoms with Crippen molar-refractivity contribution in [2.24, 2.45) is 0 Å². The van der Waals surface area contributed by atoms with Crippen LogP contribution in [0.15, 0.2) is 35.5 Å². The maximum absolute atomic E-state index is 12.9. The summed E-state index contributed by atoms with van der Waals surface area (Å²) in [5.74, 6) is 0.259. The Balaban J connectivity index is 2.46. The molecule has 6 nitrogen and oxygen atoms in total. The molecule has 154 valence electrons. The van der Waals surface area contributed by atoms with Gasteiger partial charge < -0.3 is 20.1 Å². The lowest BCUT2D eigenvalue weighted by Crippen LogP contribution is -2.46. The van der Waals surface area contributed by atoms with E-state index in [4.69, 9.17) is 9.47 Å². The van der Waals surface area contributed by atoms with Crippen molar-refractivity contribution < 1.29 is 19.1 Å². The van der Waals surface area contributed by atoms with Crippen molar-refractivity contribution in [3.05, 3.63) is 41.1 Å². The van der Waals surface area contributed by atoms with Crippen LogP contribution in [0.1, 0.15) is 71.4 Å². The predicted octanol–water partition coefficient (Wildman–Crippen LogP) is 4.62. The predicted molar refractivity (Wildman–Crippen MR) is 109 cm³/mol. The van der Waals surface area contributed by atoms with E-state index in [-0.39, 0.29) is 12.1 Å². The van der Waals surface area contributed by atoms with Crippen molar-refractivity contribution in [1.82, 2.24) is 10.6 Å². The average Bonchev–Trinajstić information content (AvgIpc) is 2.65. The van der Waals surface area contributed by atoms with E-state index in [1.54, 1.807) is 0 Å². The molecule has 0 spiro atoms. The van der Waals surface area contributed by atoms with Crippen LogP contribution in [0.5, 0.6) is 5.75 Å². The molecule has 2 N–H and O–H groups in total. The Morgan fingerprint density at radius 1 is 1.14 bits per heavy atom. The van der Waals surface area contributed by atoms with Gasteiger partial charge in [0.25, 0.3) is 0 Å². The van der Waals surface area contributed by atoms with Gasteiger partial charge in [-0.3, -0.25) is 0 Å². The number of allylic oxidation sites excluding steroid dienone is 1. The lowest BCUT2D eigenvalue weighted by atomic mass is 9.93. The SMILES string of the molecule is CCCCOc1ccccc1C1NC(=O)NC(CCCC)=C1C(=O)OC(C)C. The van der Waals surface area contributed by atoms with Gasteiger partial charge in [0.05, 0.1) is 24.3 Å². The van der Waals surface area contributed by atoms with Crippen LogP contribution in [0.25, 0.3) is 0 Å². The molecular weight excluding hydrogens is 356 g/mol. The Morgan fingerprint density at radius 2 is 1.86 bits per heavy atom. The first-order valence-corrected chi connectivity index (χ1v) is 10.2. The fourth-order valence-electron chi connectivity index (χ4n) is 3.10. The highest BCUT2D eigenvalue weighted by atomic mass is 16.5. The number of benzene rings is 1. The Hall–Kier alpha value is -2.50. The Morgan fingerprint density at radius 3 is 2.54 bits per heavy atom. The highest BCUT2D eigenvalue weighted by Crippen LogP contribution is 2.35. The molecule has 0 saturated carbocycles. The molecule has 1 unspecified atom stereocenters. The minimum atomic E-state index is -0.607. The van der Waals surface area contributed by atoms with E-state index in [1.165, 1.54) is 0 Å². The van der Waals surface area contributed by atoms with Gasteiger partial charge in [0.1, 0.15) is 5.75 Å². The summed E-state index contributed by atoms with van der Waals surface area (Å²) in [6.45, 7) is 8.39. The lowest BCUT2D eigenvalue weighted by Gasteiger charge is -2.30. The summed E-state index contributed by atoms with van der Waals surface area (Å²) in [5, 5.41) is 5.70. The second-order valence-electron chi connectivity index (χ2n) is 7.22. The number of carbonyl (C=O) groups is 2. The minimum absolute atomic E-state index is 0.248. The fourth-order valence-corrected chi connectivity index (χ4v) is 3.10. The molecule has 2 amide bonds. The number of hydrogen-bond donors (Lipinski definition) is 2. The Kier molecular flexibility index (Phi) is 8.36. The van der Waals surface area contributed by atoms with Gasteiger partial charge >= 0.3 is 12.0 Å². The van der Waals surface area contributed by atoms with Crippen LogP contribution in [0.2, 0.25) is 0 Å². The van der Waals surface area contributed by atoms with E-state index in [0.29, 0.717) is 30.0 Å². The number of nitrogens with one attached hydrogen (secondary N) is 2. The van der Waals surface area contributed by atoms with E-state index in [0.717, 1.165) is 31.2 Å². The fraction of sp³-hybridized carbons (Fsp3) is 0.545. The third kappa shape index (κ3) is 5.75. The number of carbonyl (C=O) groups excluding carboxylic acids is 2.